The molecular formula is C22H24FN5O. The topological polar surface area (TPSA) is 78.2 Å². The van der Waals surface area contributed by atoms with Crippen molar-refractivity contribution in [3.8, 4) is 0 Å². The second kappa shape index (κ2) is 6.93. The number of H-pyrrole nitrogens is 1. The van der Waals surface area contributed by atoms with Gasteiger partial charge < -0.3 is 20.5 Å². The first-order valence-corrected chi connectivity index (χ1v) is 10.00. The number of nitrogens with one attached hydrogen (secondary N) is 1. The number of aromatic nitrogens is 2. The summed E-state index contributed by atoms with van der Waals surface area (Å²) in [6.07, 6.45) is 0.176. The average molecular weight is 393 g/mol. The molecule has 3 N–H and O–H groups in total. The predicted molar refractivity (Wildman–Crippen MR) is 111 cm³/mol. The minimum atomic E-state index is -0.745. The van der Waals surface area contributed by atoms with Gasteiger partial charge in [-0.15, -0.1) is 0 Å². The number of rotatable bonds is 2. The Hall–Kier alpha value is -2.77. The van der Waals surface area contributed by atoms with Crippen LogP contribution in [-0.4, -0.2) is 53.9 Å². The number of likely N-dealkylation sites (N-methyl/N-ethyl adjacent to an activating group) is 1. The molecule has 6 nitrogen and oxygen atoms in total. The number of fused-ring (bicyclic) bond motifs is 2. The number of halogens is 1. The van der Waals surface area contributed by atoms with Gasteiger partial charge in [0.15, 0.2) is 0 Å². The van der Waals surface area contributed by atoms with Crippen molar-refractivity contribution in [1.82, 2.24) is 14.9 Å². The Morgan fingerprint density at radius 2 is 1.97 bits per heavy atom. The first kappa shape index (κ1) is 18.3. The summed E-state index contributed by atoms with van der Waals surface area (Å²) in [6.45, 7) is 4.00. The number of carbonyl (C=O) groups is 1. The molecule has 150 valence electrons. The highest BCUT2D eigenvalue weighted by Crippen LogP contribution is 2.38. The highest BCUT2D eigenvalue weighted by atomic mass is 19.1. The van der Waals surface area contributed by atoms with Gasteiger partial charge in [-0.05, 0) is 36.9 Å². The van der Waals surface area contributed by atoms with E-state index in [0.717, 1.165) is 42.9 Å². The van der Waals surface area contributed by atoms with E-state index in [-0.39, 0.29) is 18.0 Å². The number of imidazole rings is 1. The molecule has 2 atom stereocenters. The van der Waals surface area contributed by atoms with Gasteiger partial charge in [-0.3, -0.25) is 4.79 Å². The number of hydrogen-bond donors (Lipinski definition) is 2. The molecule has 2 heterocycles. The molecule has 1 aliphatic heterocycles. The van der Waals surface area contributed by atoms with Gasteiger partial charge in [-0.2, -0.15) is 0 Å². The molecule has 5 rings (SSSR count). The maximum absolute atomic E-state index is 14.4. The van der Waals surface area contributed by atoms with Crippen molar-refractivity contribution in [2.24, 2.45) is 5.73 Å². The molecule has 1 aromatic heterocycles. The zero-order valence-electron chi connectivity index (χ0n) is 16.4. The Morgan fingerprint density at radius 1 is 1.17 bits per heavy atom. The minimum Gasteiger partial charge on any atom is -0.369 e. The van der Waals surface area contributed by atoms with Crippen molar-refractivity contribution >= 4 is 22.5 Å². The number of nitrogens with two attached hydrogens (primary N) is 1. The lowest BCUT2D eigenvalue weighted by molar-refractivity contribution is -0.121. The molecular weight excluding hydrogens is 369 g/mol. The lowest BCUT2D eigenvalue weighted by atomic mass is 9.78. The van der Waals surface area contributed by atoms with Gasteiger partial charge in [0.1, 0.15) is 17.4 Å². The van der Waals surface area contributed by atoms with Gasteiger partial charge in [0, 0.05) is 49.9 Å². The molecule has 0 radical (unpaired) electrons. The monoisotopic (exact) mass is 393 g/mol. The number of carbonyl (C=O) groups excluding carboxylic acids is 1. The van der Waals surface area contributed by atoms with E-state index in [1.807, 2.05) is 12.1 Å². The largest absolute Gasteiger partial charge is 0.369 e. The lowest BCUT2D eigenvalue weighted by Gasteiger charge is -2.34. The standard InChI is InChI=1S/C22H24FN5O/c1-27-7-9-28(10-8-27)14-5-6-16-17(12-14)26-22(25-16)20-18(29)11-13-3-2-4-15(23)19(13)21(20)24/h2-6,12,20-21H,7-11,24H2,1H3,(H,25,26). The molecule has 0 bridgehead atoms. The van der Waals surface area contributed by atoms with Gasteiger partial charge in [-0.25, -0.2) is 9.37 Å². The second-order valence-electron chi connectivity index (χ2n) is 8.07. The zero-order chi connectivity index (χ0) is 20.1. The number of aromatic amines is 1. The Kier molecular flexibility index (Phi) is 4.37. The summed E-state index contributed by atoms with van der Waals surface area (Å²) in [5.74, 6) is -0.546. The fourth-order valence-corrected chi connectivity index (χ4v) is 4.52. The SMILES string of the molecule is CN1CCN(c2ccc3[nH]c(C4C(=O)Cc5cccc(F)c5C4N)nc3c2)CC1. The second-order valence-corrected chi connectivity index (χ2v) is 8.07. The van der Waals surface area contributed by atoms with Crippen LogP contribution in [0.2, 0.25) is 0 Å². The van der Waals surface area contributed by atoms with Crippen molar-refractivity contribution in [1.29, 1.82) is 0 Å². The molecule has 7 heteroatoms. The molecule has 0 amide bonds. The fraction of sp³-hybridized carbons (Fsp3) is 0.364. The summed E-state index contributed by atoms with van der Waals surface area (Å²) in [6, 6.07) is 10.2. The summed E-state index contributed by atoms with van der Waals surface area (Å²) in [4.78, 5) is 25.4. The van der Waals surface area contributed by atoms with Crippen molar-refractivity contribution in [2.45, 2.75) is 18.4 Å². The summed E-state index contributed by atoms with van der Waals surface area (Å²) >= 11 is 0. The van der Waals surface area contributed by atoms with Crippen LogP contribution in [0.1, 0.15) is 28.9 Å². The Morgan fingerprint density at radius 3 is 2.76 bits per heavy atom. The van der Waals surface area contributed by atoms with Crippen LogP contribution >= 0.6 is 0 Å². The van der Waals surface area contributed by atoms with Crippen molar-refractivity contribution < 1.29 is 9.18 Å². The van der Waals surface area contributed by atoms with Crippen LogP contribution in [0.15, 0.2) is 36.4 Å². The number of Topliss-reactive ketones (excluding diaryl/α,β-unsaturated/α-hetero) is 1. The van der Waals surface area contributed by atoms with Crippen LogP contribution in [0, 0.1) is 5.82 Å². The first-order chi connectivity index (χ1) is 14.0. The summed E-state index contributed by atoms with van der Waals surface area (Å²) < 4.78 is 14.4. The van der Waals surface area contributed by atoms with Gasteiger partial charge in [0.05, 0.1) is 17.0 Å². The summed E-state index contributed by atoms with van der Waals surface area (Å²) in [5, 5.41) is 0. The van der Waals surface area contributed by atoms with E-state index in [9.17, 15) is 9.18 Å². The van der Waals surface area contributed by atoms with Gasteiger partial charge in [0.2, 0.25) is 0 Å². The van der Waals surface area contributed by atoms with E-state index < -0.39 is 12.0 Å². The van der Waals surface area contributed by atoms with Gasteiger partial charge >= 0.3 is 0 Å². The van der Waals surface area contributed by atoms with E-state index >= 15 is 0 Å². The fourth-order valence-electron chi connectivity index (χ4n) is 4.52. The third kappa shape index (κ3) is 3.10. The maximum Gasteiger partial charge on any atom is 0.149 e. The quantitative estimate of drug-likeness (QED) is 0.699. The number of anilines is 1. The molecule has 29 heavy (non-hydrogen) atoms. The summed E-state index contributed by atoms with van der Waals surface area (Å²) in [5.41, 5.74) is 10.2. The molecule has 3 aromatic rings. The van der Waals surface area contributed by atoms with Crippen molar-refractivity contribution in [2.75, 3.05) is 38.1 Å². The zero-order valence-corrected chi connectivity index (χ0v) is 16.4. The van der Waals surface area contributed by atoms with E-state index in [2.05, 4.69) is 27.9 Å². The van der Waals surface area contributed by atoms with E-state index in [1.54, 1.807) is 12.1 Å². The van der Waals surface area contributed by atoms with Crippen LogP contribution < -0.4 is 10.6 Å². The van der Waals surface area contributed by atoms with Crippen LogP contribution in [-0.2, 0) is 11.2 Å². The minimum absolute atomic E-state index is 0.0334. The molecule has 2 aromatic carbocycles. The van der Waals surface area contributed by atoms with E-state index in [4.69, 9.17) is 10.7 Å². The van der Waals surface area contributed by atoms with Gasteiger partial charge in [0.25, 0.3) is 0 Å². The molecule has 0 saturated carbocycles. The molecule has 0 spiro atoms. The van der Waals surface area contributed by atoms with E-state index in [0.29, 0.717) is 17.0 Å². The van der Waals surface area contributed by atoms with Crippen LogP contribution in [0.5, 0.6) is 0 Å². The molecule has 2 unspecified atom stereocenters. The van der Waals surface area contributed by atoms with Crippen molar-refractivity contribution in [3.63, 3.8) is 0 Å². The average Bonchev–Trinajstić information content (AvgIpc) is 3.11. The lowest BCUT2D eigenvalue weighted by Crippen LogP contribution is -2.44. The van der Waals surface area contributed by atoms with E-state index in [1.165, 1.54) is 6.07 Å². The van der Waals surface area contributed by atoms with Crippen molar-refractivity contribution in [3.05, 3.63) is 59.2 Å². The smallest absolute Gasteiger partial charge is 0.149 e. The highest BCUT2D eigenvalue weighted by molar-refractivity contribution is 5.91. The Labute approximate surface area is 168 Å². The number of hydrogen-bond acceptors (Lipinski definition) is 5. The van der Waals surface area contributed by atoms with Crippen LogP contribution in [0.25, 0.3) is 11.0 Å². The number of benzene rings is 2. The molecule has 1 aliphatic carbocycles. The predicted octanol–water partition coefficient (Wildman–Crippen LogP) is 2.36. The maximum atomic E-state index is 14.4. The van der Waals surface area contributed by atoms with Crippen LogP contribution in [0.4, 0.5) is 10.1 Å². The van der Waals surface area contributed by atoms with Crippen LogP contribution in [0.3, 0.4) is 0 Å². The first-order valence-electron chi connectivity index (χ1n) is 10.00. The molecule has 1 saturated heterocycles. The highest BCUT2D eigenvalue weighted by Gasteiger charge is 2.38. The van der Waals surface area contributed by atoms with Gasteiger partial charge in [-0.1, -0.05) is 12.1 Å². The number of ketones is 1. The number of piperazine rings is 1. The Balaban J connectivity index is 1.49. The normalized spacial score (nSPS) is 22.9. The number of nitrogens with zero attached hydrogens (tertiary/aromatic N) is 3. The molecule has 1 fully saturated rings. The third-order valence-corrected chi connectivity index (χ3v) is 6.20. The molecule has 2 aliphatic rings. The Bertz CT molecular complexity index is 1090. The third-order valence-electron chi connectivity index (χ3n) is 6.20. The summed E-state index contributed by atoms with van der Waals surface area (Å²) in [7, 11) is 2.13.